The fraction of sp³-hybridized carbons (Fsp3) is 0.118. The van der Waals surface area contributed by atoms with Crippen molar-refractivity contribution in [3.05, 3.63) is 64.1 Å². The third-order valence-electron chi connectivity index (χ3n) is 3.94. The van der Waals surface area contributed by atoms with Gasteiger partial charge in [0.2, 0.25) is 0 Å². The number of para-hydroxylation sites is 1. The number of carbonyl (C=O) groups is 3. The Balaban J connectivity index is 2.02. The molecule has 0 saturated carbocycles. The molecule has 0 bridgehead atoms. The summed E-state index contributed by atoms with van der Waals surface area (Å²) in [7, 11) is 0. The monoisotopic (exact) mass is 431 g/mol. The minimum absolute atomic E-state index is 0.0881. The highest BCUT2D eigenvalue weighted by Gasteiger charge is 2.69. The second-order valence-electron chi connectivity index (χ2n) is 5.73. The van der Waals surface area contributed by atoms with E-state index in [1.165, 1.54) is 30.3 Å². The van der Waals surface area contributed by atoms with E-state index in [0.717, 1.165) is 12.1 Å². The van der Waals surface area contributed by atoms with E-state index in [0.29, 0.717) is 4.90 Å². The van der Waals surface area contributed by atoms with Gasteiger partial charge in [0, 0.05) is 5.02 Å². The molecule has 1 fully saturated rings. The lowest BCUT2D eigenvalue weighted by Gasteiger charge is -2.30. The average molecular weight is 432 g/mol. The molecule has 0 aromatic heterocycles. The summed E-state index contributed by atoms with van der Waals surface area (Å²) in [5.41, 5.74) is -4.09. The topological polar surface area (TPSA) is 78.5 Å². The zero-order valence-electron chi connectivity index (χ0n) is 13.7. The number of halogens is 5. The number of amides is 4. The first kappa shape index (κ1) is 20.0. The van der Waals surface area contributed by atoms with Crippen LogP contribution in [0.2, 0.25) is 10.0 Å². The summed E-state index contributed by atoms with van der Waals surface area (Å²) in [6.07, 6.45) is -5.34. The van der Waals surface area contributed by atoms with Crippen molar-refractivity contribution < 1.29 is 27.6 Å². The van der Waals surface area contributed by atoms with Crippen LogP contribution in [0.15, 0.2) is 48.5 Å². The van der Waals surface area contributed by atoms with Crippen LogP contribution in [0.4, 0.5) is 23.7 Å². The van der Waals surface area contributed by atoms with Crippen molar-refractivity contribution in [3.8, 4) is 0 Å². The molecule has 0 radical (unpaired) electrons. The van der Waals surface area contributed by atoms with Crippen LogP contribution in [0, 0.1) is 0 Å². The molecule has 1 heterocycles. The van der Waals surface area contributed by atoms with Gasteiger partial charge >= 0.3 is 12.2 Å². The summed E-state index contributed by atoms with van der Waals surface area (Å²) in [5.74, 6) is -3.02. The van der Waals surface area contributed by atoms with Gasteiger partial charge in [-0.3, -0.25) is 14.9 Å². The second kappa shape index (κ2) is 6.99. The fourth-order valence-corrected chi connectivity index (χ4v) is 3.09. The maximum atomic E-state index is 13.8. The van der Waals surface area contributed by atoms with Crippen molar-refractivity contribution in [2.45, 2.75) is 11.8 Å². The number of rotatable bonds is 3. The Kier molecular flexibility index (Phi) is 4.99. The Labute approximate surface area is 166 Å². The third kappa shape index (κ3) is 3.27. The third-order valence-corrected chi connectivity index (χ3v) is 4.49. The minimum atomic E-state index is -5.34. The van der Waals surface area contributed by atoms with Gasteiger partial charge in [0.25, 0.3) is 17.5 Å². The molecule has 28 heavy (non-hydrogen) atoms. The standard InChI is InChI=1S/C17H10Cl2F3N3O3/c18-9-6-7-11(12(19)8-9)13(26)23-16(17(20,21)22)14(27)25(15(28)24-16)10-4-2-1-3-5-10/h1-8H,(H,23,26)(H,24,28)/t16-/m0/s1. The first-order chi connectivity index (χ1) is 13.1. The van der Waals surface area contributed by atoms with Crippen molar-refractivity contribution in [2.24, 2.45) is 0 Å². The van der Waals surface area contributed by atoms with E-state index in [4.69, 9.17) is 23.2 Å². The number of urea groups is 1. The lowest BCUT2D eigenvalue weighted by Crippen LogP contribution is -2.69. The maximum absolute atomic E-state index is 13.8. The van der Waals surface area contributed by atoms with Crippen LogP contribution in [-0.4, -0.2) is 29.7 Å². The Bertz CT molecular complexity index is 969. The number of imide groups is 1. The number of nitrogens with zero attached hydrogens (tertiary/aromatic N) is 1. The summed E-state index contributed by atoms with van der Waals surface area (Å²) in [6.45, 7) is 0. The van der Waals surface area contributed by atoms with Crippen molar-refractivity contribution in [1.29, 1.82) is 0 Å². The summed E-state index contributed by atoms with van der Waals surface area (Å²) in [5, 5.41) is 3.06. The van der Waals surface area contributed by atoms with E-state index in [1.807, 2.05) is 0 Å². The van der Waals surface area contributed by atoms with Gasteiger partial charge in [0.15, 0.2) is 0 Å². The molecule has 6 nitrogen and oxygen atoms in total. The Morgan fingerprint density at radius 2 is 1.71 bits per heavy atom. The van der Waals surface area contributed by atoms with E-state index in [1.54, 1.807) is 16.7 Å². The Morgan fingerprint density at radius 1 is 1.07 bits per heavy atom. The predicted octanol–water partition coefficient (Wildman–Crippen LogP) is 3.74. The van der Waals surface area contributed by atoms with Gasteiger partial charge in [-0.1, -0.05) is 41.4 Å². The van der Waals surface area contributed by atoms with Gasteiger partial charge in [-0.25, -0.2) is 9.69 Å². The quantitative estimate of drug-likeness (QED) is 0.726. The minimum Gasteiger partial charge on any atom is -0.314 e. The molecule has 2 aromatic carbocycles. The molecule has 4 amide bonds. The highest BCUT2D eigenvalue weighted by Crippen LogP contribution is 2.36. The first-order valence-electron chi connectivity index (χ1n) is 7.63. The van der Waals surface area contributed by atoms with Gasteiger partial charge in [0.05, 0.1) is 16.3 Å². The maximum Gasteiger partial charge on any atom is 0.440 e. The molecule has 1 aliphatic heterocycles. The molecule has 2 aromatic rings. The number of alkyl halides is 3. The molecule has 1 atom stereocenters. The number of benzene rings is 2. The normalized spacial score (nSPS) is 19.5. The van der Waals surface area contributed by atoms with Gasteiger partial charge in [-0.15, -0.1) is 0 Å². The molecule has 1 saturated heterocycles. The summed E-state index contributed by atoms with van der Waals surface area (Å²) in [6, 6.07) is 9.16. The van der Waals surface area contributed by atoms with Gasteiger partial charge in [-0.2, -0.15) is 13.2 Å². The molecule has 0 aliphatic carbocycles. The summed E-state index contributed by atoms with van der Waals surface area (Å²) < 4.78 is 41.5. The first-order valence-corrected chi connectivity index (χ1v) is 8.38. The second-order valence-corrected chi connectivity index (χ2v) is 6.58. The van der Waals surface area contributed by atoms with E-state index >= 15 is 0 Å². The largest absolute Gasteiger partial charge is 0.440 e. The van der Waals surface area contributed by atoms with Crippen molar-refractivity contribution in [1.82, 2.24) is 10.6 Å². The van der Waals surface area contributed by atoms with Crippen LogP contribution in [0.1, 0.15) is 10.4 Å². The molecule has 0 spiro atoms. The molecular weight excluding hydrogens is 422 g/mol. The molecule has 1 aliphatic rings. The number of carbonyl (C=O) groups excluding carboxylic acids is 3. The molecule has 3 rings (SSSR count). The van der Waals surface area contributed by atoms with Crippen molar-refractivity contribution in [2.75, 3.05) is 4.90 Å². The molecule has 11 heteroatoms. The molecular formula is C17H10Cl2F3N3O3. The average Bonchev–Trinajstić information content (AvgIpc) is 2.86. The smallest absolute Gasteiger partial charge is 0.314 e. The number of hydrogen-bond donors (Lipinski definition) is 2. The van der Waals surface area contributed by atoms with E-state index in [9.17, 15) is 27.6 Å². The Morgan fingerprint density at radius 3 is 2.29 bits per heavy atom. The Hall–Kier alpha value is -2.78. The van der Waals surface area contributed by atoms with Gasteiger partial charge in [-0.05, 0) is 30.3 Å². The van der Waals surface area contributed by atoms with Gasteiger partial charge < -0.3 is 5.32 Å². The summed E-state index contributed by atoms with van der Waals surface area (Å²) >= 11 is 11.6. The van der Waals surface area contributed by atoms with E-state index in [-0.39, 0.29) is 21.3 Å². The van der Waals surface area contributed by atoms with E-state index in [2.05, 4.69) is 0 Å². The molecule has 0 unspecified atom stereocenters. The van der Waals surface area contributed by atoms with E-state index < -0.39 is 29.7 Å². The van der Waals surface area contributed by atoms with Crippen LogP contribution in [-0.2, 0) is 4.79 Å². The number of anilines is 1. The lowest BCUT2D eigenvalue weighted by molar-refractivity contribution is -0.197. The fourth-order valence-electron chi connectivity index (χ4n) is 2.60. The highest BCUT2D eigenvalue weighted by atomic mass is 35.5. The van der Waals surface area contributed by atoms with Crippen LogP contribution in [0.5, 0.6) is 0 Å². The predicted molar refractivity (Wildman–Crippen MR) is 95.2 cm³/mol. The summed E-state index contributed by atoms with van der Waals surface area (Å²) in [4.78, 5) is 37.5. The number of nitrogens with one attached hydrogen (secondary N) is 2. The van der Waals surface area contributed by atoms with Crippen LogP contribution in [0.25, 0.3) is 0 Å². The van der Waals surface area contributed by atoms with Gasteiger partial charge in [0.1, 0.15) is 0 Å². The number of hydrogen-bond acceptors (Lipinski definition) is 3. The van der Waals surface area contributed by atoms with Crippen molar-refractivity contribution in [3.63, 3.8) is 0 Å². The molecule has 146 valence electrons. The van der Waals surface area contributed by atoms with Crippen LogP contribution >= 0.6 is 23.2 Å². The SMILES string of the molecule is O=C(N[C@]1(C(F)(F)F)NC(=O)N(c2ccccc2)C1=O)c1ccc(Cl)cc1Cl. The zero-order chi connectivity index (χ0) is 20.7. The van der Waals surface area contributed by atoms with Crippen LogP contribution < -0.4 is 15.5 Å². The lowest BCUT2D eigenvalue weighted by atomic mass is 10.1. The highest BCUT2D eigenvalue weighted by molar-refractivity contribution is 6.37. The van der Waals surface area contributed by atoms with Crippen LogP contribution in [0.3, 0.4) is 0 Å². The molecule has 2 N–H and O–H groups in total. The van der Waals surface area contributed by atoms with Crippen molar-refractivity contribution >= 4 is 46.7 Å². The zero-order valence-corrected chi connectivity index (χ0v) is 15.2.